The van der Waals surface area contributed by atoms with E-state index in [1.807, 2.05) is 30.0 Å². The topological polar surface area (TPSA) is 71.4 Å². The van der Waals surface area contributed by atoms with Crippen LogP contribution in [0.1, 0.15) is 24.1 Å². The molecule has 0 unspecified atom stereocenters. The molecule has 0 saturated carbocycles. The molecule has 0 amide bonds. The summed E-state index contributed by atoms with van der Waals surface area (Å²) >= 11 is 0. The van der Waals surface area contributed by atoms with Crippen LogP contribution in [0.15, 0.2) is 54.9 Å². The van der Waals surface area contributed by atoms with Crippen molar-refractivity contribution >= 4 is 5.82 Å². The van der Waals surface area contributed by atoms with Gasteiger partial charge < -0.3 is 14.7 Å². The van der Waals surface area contributed by atoms with Gasteiger partial charge in [-0.25, -0.2) is 9.97 Å². The summed E-state index contributed by atoms with van der Waals surface area (Å²) in [5.41, 5.74) is 0.840. The van der Waals surface area contributed by atoms with Gasteiger partial charge >= 0.3 is 6.36 Å². The first-order valence-corrected chi connectivity index (χ1v) is 9.82. The minimum Gasteiger partial charge on any atom is -0.406 e. The zero-order chi connectivity index (χ0) is 22.1. The van der Waals surface area contributed by atoms with Crippen LogP contribution in [0, 0.1) is 6.92 Å². The molecular weight excluding hydrogens is 409 g/mol. The van der Waals surface area contributed by atoms with Crippen LogP contribution in [0.5, 0.6) is 5.75 Å². The second-order valence-electron chi connectivity index (χ2n) is 7.52. The number of benzene rings is 1. The number of ether oxygens (including phenoxy) is 1. The predicted molar refractivity (Wildman–Crippen MR) is 108 cm³/mol. The zero-order valence-electron chi connectivity index (χ0n) is 16.8. The van der Waals surface area contributed by atoms with Crippen LogP contribution in [-0.4, -0.2) is 39.5 Å². The maximum absolute atomic E-state index is 12.5. The van der Waals surface area contributed by atoms with E-state index >= 15 is 0 Å². The van der Waals surface area contributed by atoms with Crippen molar-refractivity contribution in [1.29, 1.82) is 0 Å². The first-order chi connectivity index (χ1) is 14.7. The number of aliphatic hydroxyl groups is 1. The normalized spacial score (nSPS) is 16.2. The fourth-order valence-corrected chi connectivity index (χ4v) is 3.72. The van der Waals surface area contributed by atoms with Gasteiger partial charge in [0.25, 0.3) is 0 Å². The van der Waals surface area contributed by atoms with Gasteiger partial charge in [0.05, 0.1) is 5.60 Å². The maximum atomic E-state index is 12.5. The summed E-state index contributed by atoms with van der Waals surface area (Å²) in [6.45, 7) is 2.88. The smallest absolute Gasteiger partial charge is 0.406 e. The Kier molecular flexibility index (Phi) is 5.53. The van der Waals surface area contributed by atoms with Crippen molar-refractivity contribution in [2.45, 2.75) is 31.7 Å². The van der Waals surface area contributed by atoms with E-state index in [9.17, 15) is 18.3 Å². The molecule has 0 aliphatic carbocycles. The molecule has 1 aromatic carbocycles. The van der Waals surface area contributed by atoms with E-state index in [1.165, 1.54) is 18.2 Å². The molecule has 1 aliphatic heterocycles. The Labute approximate surface area is 177 Å². The van der Waals surface area contributed by atoms with Crippen LogP contribution in [-0.2, 0) is 5.60 Å². The largest absolute Gasteiger partial charge is 0.573 e. The van der Waals surface area contributed by atoms with Gasteiger partial charge in [-0.2, -0.15) is 0 Å². The summed E-state index contributed by atoms with van der Waals surface area (Å²) in [7, 11) is 0. The molecule has 31 heavy (non-hydrogen) atoms. The number of hydrogen-bond acceptors (Lipinski definition) is 6. The number of rotatable bonds is 4. The number of aryl methyl sites for hydroxylation is 1. The third-order valence-electron chi connectivity index (χ3n) is 5.30. The number of alkyl halides is 3. The van der Waals surface area contributed by atoms with Crippen LogP contribution in [0.3, 0.4) is 0 Å². The molecule has 4 rings (SSSR count). The molecule has 0 bridgehead atoms. The van der Waals surface area contributed by atoms with Gasteiger partial charge in [0.1, 0.15) is 11.6 Å². The molecule has 0 atom stereocenters. The Bertz CT molecular complexity index is 1050. The van der Waals surface area contributed by atoms with Gasteiger partial charge in [-0.3, -0.25) is 4.98 Å². The van der Waals surface area contributed by atoms with Crippen molar-refractivity contribution in [3.8, 4) is 17.1 Å². The first-order valence-electron chi connectivity index (χ1n) is 9.82. The fraction of sp³-hybridized carbons (Fsp3) is 0.318. The van der Waals surface area contributed by atoms with E-state index in [-0.39, 0.29) is 5.75 Å². The molecule has 6 nitrogen and oxygen atoms in total. The molecule has 1 fully saturated rings. The third-order valence-corrected chi connectivity index (χ3v) is 5.30. The molecular formula is C22H21F3N4O2. The van der Waals surface area contributed by atoms with E-state index in [1.54, 1.807) is 18.5 Å². The minimum absolute atomic E-state index is 0.339. The van der Waals surface area contributed by atoms with Crippen molar-refractivity contribution in [3.05, 3.63) is 66.1 Å². The highest BCUT2D eigenvalue weighted by atomic mass is 19.4. The van der Waals surface area contributed by atoms with Gasteiger partial charge in [0, 0.05) is 42.8 Å². The highest BCUT2D eigenvalue weighted by molar-refractivity contribution is 5.57. The summed E-state index contributed by atoms with van der Waals surface area (Å²) in [5, 5.41) is 11.1. The lowest BCUT2D eigenvalue weighted by Gasteiger charge is -2.39. The molecule has 0 spiro atoms. The van der Waals surface area contributed by atoms with E-state index in [2.05, 4.69) is 19.7 Å². The summed E-state index contributed by atoms with van der Waals surface area (Å²) in [4.78, 5) is 15.2. The number of aromatic nitrogens is 3. The standard InChI is InChI=1S/C22H21F3N4O2/c1-15-13-19(28-20(27-15)16-5-9-26-10-6-16)29-11-7-21(30,8-12-29)17-3-2-4-18(14-17)31-22(23,24)25/h2-6,9-10,13-14,30H,7-8,11-12H2,1H3. The Balaban J connectivity index is 1.51. The zero-order valence-corrected chi connectivity index (χ0v) is 16.8. The van der Waals surface area contributed by atoms with Crippen LogP contribution >= 0.6 is 0 Å². The highest BCUT2D eigenvalue weighted by Gasteiger charge is 2.36. The Morgan fingerprint density at radius 1 is 1.03 bits per heavy atom. The molecule has 3 heterocycles. The first kappa shape index (κ1) is 21.0. The van der Waals surface area contributed by atoms with Crippen molar-refractivity contribution in [2.24, 2.45) is 0 Å². The van der Waals surface area contributed by atoms with Crippen molar-refractivity contribution < 1.29 is 23.0 Å². The van der Waals surface area contributed by atoms with E-state index in [0.29, 0.717) is 37.3 Å². The summed E-state index contributed by atoms with van der Waals surface area (Å²) in [6.07, 6.45) is -0.731. The van der Waals surface area contributed by atoms with E-state index in [4.69, 9.17) is 0 Å². The highest BCUT2D eigenvalue weighted by Crippen LogP contribution is 2.36. The number of pyridine rings is 1. The molecule has 3 aromatic rings. The molecule has 2 aromatic heterocycles. The lowest BCUT2D eigenvalue weighted by Crippen LogP contribution is -2.43. The van der Waals surface area contributed by atoms with Gasteiger partial charge in [-0.1, -0.05) is 12.1 Å². The van der Waals surface area contributed by atoms with Gasteiger partial charge in [-0.15, -0.1) is 13.2 Å². The number of hydrogen-bond donors (Lipinski definition) is 1. The summed E-state index contributed by atoms with van der Waals surface area (Å²) < 4.78 is 41.6. The van der Waals surface area contributed by atoms with E-state index < -0.39 is 12.0 Å². The fourth-order valence-electron chi connectivity index (χ4n) is 3.72. The summed E-state index contributed by atoms with van der Waals surface area (Å²) in [5.74, 6) is 1.00. The van der Waals surface area contributed by atoms with Crippen LogP contribution < -0.4 is 9.64 Å². The molecule has 1 N–H and O–H groups in total. The van der Waals surface area contributed by atoms with Crippen LogP contribution in [0.2, 0.25) is 0 Å². The molecule has 0 radical (unpaired) electrons. The van der Waals surface area contributed by atoms with Gasteiger partial charge in [0.2, 0.25) is 0 Å². The van der Waals surface area contributed by atoms with Crippen LogP contribution in [0.4, 0.5) is 19.0 Å². The minimum atomic E-state index is -4.78. The van der Waals surface area contributed by atoms with E-state index in [0.717, 1.165) is 17.1 Å². The SMILES string of the molecule is Cc1cc(N2CCC(O)(c3cccc(OC(F)(F)F)c3)CC2)nc(-c2ccncc2)n1. The van der Waals surface area contributed by atoms with Crippen molar-refractivity contribution in [1.82, 2.24) is 15.0 Å². The summed E-state index contributed by atoms with van der Waals surface area (Å²) in [6, 6.07) is 11.1. The number of anilines is 1. The lowest BCUT2D eigenvalue weighted by atomic mass is 9.84. The Morgan fingerprint density at radius 3 is 2.42 bits per heavy atom. The Morgan fingerprint density at radius 2 is 1.74 bits per heavy atom. The van der Waals surface area contributed by atoms with Gasteiger partial charge in [0.15, 0.2) is 5.82 Å². The van der Waals surface area contributed by atoms with Crippen LogP contribution in [0.25, 0.3) is 11.4 Å². The van der Waals surface area contributed by atoms with Gasteiger partial charge in [-0.05, 0) is 49.6 Å². The second-order valence-corrected chi connectivity index (χ2v) is 7.52. The predicted octanol–water partition coefficient (Wildman–Crippen LogP) is 4.23. The monoisotopic (exact) mass is 430 g/mol. The molecule has 1 aliphatic rings. The lowest BCUT2D eigenvalue weighted by molar-refractivity contribution is -0.274. The number of halogens is 3. The number of piperidine rings is 1. The van der Waals surface area contributed by atoms with Crippen molar-refractivity contribution in [3.63, 3.8) is 0 Å². The van der Waals surface area contributed by atoms with Crippen molar-refractivity contribution in [2.75, 3.05) is 18.0 Å². The molecule has 9 heteroatoms. The molecule has 162 valence electrons. The molecule has 1 saturated heterocycles. The third kappa shape index (κ3) is 4.93. The number of nitrogens with zero attached hydrogens (tertiary/aromatic N) is 4. The quantitative estimate of drug-likeness (QED) is 0.668. The average molecular weight is 430 g/mol. The maximum Gasteiger partial charge on any atom is 0.573 e. The average Bonchev–Trinajstić information content (AvgIpc) is 2.73. The second kappa shape index (κ2) is 8.14. The Hall–Kier alpha value is -3.20.